The van der Waals surface area contributed by atoms with E-state index in [2.05, 4.69) is 12.1 Å². The highest BCUT2D eigenvalue weighted by molar-refractivity contribution is 7.81. The van der Waals surface area contributed by atoms with E-state index in [9.17, 15) is 9.59 Å². The van der Waals surface area contributed by atoms with Crippen molar-refractivity contribution in [2.75, 3.05) is 13.1 Å². The summed E-state index contributed by atoms with van der Waals surface area (Å²) < 4.78 is 5.53. The average molecular weight is 447 g/mol. The van der Waals surface area contributed by atoms with Crippen LogP contribution in [0.15, 0.2) is 30.3 Å². The van der Waals surface area contributed by atoms with Crippen LogP contribution in [-0.4, -0.2) is 51.8 Å². The number of ether oxygens (including phenoxy) is 1. The Morgan fingerprint density at radius 1 is 1.06 bits per heavy atom. The first-order valence-corrected chi connectivity index (χ1v) is 12.3. The SMILES string of the molecule is CC(C)(C)OC(=O)N1CCC(N(Cc2ccccc2)C(=O)C(S)C2CCCCC2)CC1. The van der Waals surface area contributed by atoms with Crippen LogP contribution >= 0.6 is 12.6 Å². The van der Waals surface area contributed by atoms with Gasteiger partial charge in [0.15, 0.2) is 0 Å². The molecule has 0 bridgehead atoms. The quantitative estimate of drug-likeness (QED) is 0.625. The Morgan fingerprint density at radius 3 is 2.26 bits per heavy atom. The number of thiol groups is 1. The minimum absolute atomic E-state index is 0.115. The minimum atomic E-state index is -0.498. The van der Waals surface area contributed by atoms with E-state index in [0.29, 0.717) is 25.6 Å². The molecular weight excluding hydrogens is 408 g/mol. The summed E-state index contributed by atoms with van der Waals surface area (Å²) >= 11 is 4.81. The molecule has 1 saturated carbocycles. The monoisotopic (exact) mass is 446 g/mol. The highest BCUT2D eigenvalue weighted by Crippen LogP contribution is 2.32. The van der Waals surface area contributed by atoms with Crippen LogP contribution in [0.3, 0.4) is 0 Å². The van der Waals surface area contributed by atoms with Crippen LogP contribution in [0, 0.1) is 5.92 Å². The van der Waals surface area contributed by atoms with Crippen molar-refractivity contribution >= 4 is 24.6 Å². The molecule has 1 saturated heterocycles. The molecule has 0 N–H and O–H groups in total. The molecule has 1 aliphatic carbocycles. The first-order valence-electron chi connectivity index (χ1n) is 11.7. The smallest absolute Gasteiger partial charge is 0.410 e. The third kappa shape index (κ3) is 6.90. The Kier molecular flexibility index (Phi) is 8.31. The van der Waals surface area contributed by atoms with Crippen molar-refractivity contribution in [3.63, 3.8) is 0 Å². The molecular formula is C25H38N2O3S. The number of rotatable bonds is 5. The Labute approximate surface area is 192 Å². The molecule has 0 radical (unpaired) electrons. The van der Waals surface area contributed by atoms with Crippen molar-refractivity contribution in [3.8, 4) is 0 Å². The summed E-state index contributed by atoms with van der Waals surface area (Å²) in [5.41, 5.74) is 0.636. The standard InChI is InChI=1S/C25H38N2O3S/c1-25(2,3)30-24(29)26-16-14-21(15-17-26)27(18-19-10-6-4-7-11-19)23(28)22(31)20-12-8-5-9-13-20/h4,6-7,10-11,20-22,31H,5,8-9,12-18H2,1-3H3. The van der Waals surface area contributed by atoms with E-state index in [1.807, 2.05) is 43.9 Å². The second-order valence-electron chi connectivity index (χ2n) is 9.99. The summed E-state index contributed by atoms with van der Waals surface area (Å²) in [6.45, 7) is 7.47. The molecule has 0 spiro atoms. The number of nitrogens with zero attached hydrogens (tertiary/aromatic N) is 2. The molecule has 1 aliphatic heterocycles. The fourth-order valence-corrected chi connectivity index (χ4v) is 5.12. The topological polar surface area (TPSA) is 49.9 Å². The summed E-state index contributed by atoms with van der Waals surface area (Å²) in [4.78, 5) is 29.8. The van der Waals surface area contributed by atoms with Crippen molar-refractivity contribution in [3.05, 3.63) is 35.9 Å². The number of piperidine rings is 1. The predicted molar refractivity (Wildman–Crippen MR) is 127 cm³/mol. The first kappa shape index (κ1) is 24.0. The zero-order valence-corrected chi connectivity index (χ0v) is 20.2. The summed E-state index contributed by atoms with van der Waals surface area (Å²) in [6.07, 6.45) is 7.12. The van der Waals surface area contributed by atoms with Gasteiger partial charge in [0.25, 0.3) is 0 Å². The number of carbonyl (C=O) groups excluding carboxylic acids is 2. The Hall–Kier alpha value is -1.69. The molecule has 172 valence electrons. The third-order valence-electron chi connectivity index (χ3n) is 6.39. The van der Waals surface area contributed by atoms with E-state index in [1.54, 1.807) is 4.90 Å². The molecule has 5 nitrogen and oxygen atoms in total. The van der Waals surface area contributed by atoms with Gasteiger partial charge in [-0.05, 0) is 57.9 Å². The fourth-order valence-electron chi connectivity index (χ4n) is 4.68. The van der Waals surface area contributed by atoms with E-state index in [4.69, 9.17) is 17.4 Å². The summed E-state index contributed by atoms with van der Waals surface area (Å²) in [6, 6.07) is 10.3. The van der Waals surface area contributed by atoms with Gasteiger partial charge in [-0.25, -0.2) is 4.79 Å². The summed E-state index contributed by atoms with van der Waals surface area (Å²) in [7, 11) is 0. The van der Waals surface area contributed by atoms with Gasteiger partial charge in [0, 0.05) is 25.7 Å². The zero-order valence-electron chi connectivity index (χ0n) is 19.3. The van der Waals surface area contributed by atoms with Gasteiger partial charge in [-0.1, -0.05) is 49.6 Å². The maximum absolute atomic E-state index is 13.6. The molecule has 2 fully saturated rings. The molecule has 1 aromatic carbocycles. The summed E-state index contributed by atoms with van der Waals surface area (Å²) in [5.74, 6) is 0.513. The Morgan fingerprint density at radius 2 is 1.68 bits per heavy atom. The molecule has 1 unspecified atom stereocenters. The van der Waals surface area contributed by atoms with Crippen molar-refractivity contribution in [2.24, 2.45) is 5.92 Å². The molecule has 6 heteroatoms. The van der Waals surface area contributed by atoms with Gasteiger partial charge >= 0.3 is 6.09 Å². The molecule has 1 heterocycles. The number of hydrogen-bond donors (Lipinski definition) is 1. The van der Waals surface area contributed by atoms with Gasteiger partial charge in [0.2, 0.25) is 5.91 Å². The normalized spacial score (nSPS) is 19.7. The van der Waals surface area contributed by atoms with Crippen LogP contribution in [0.2, 0.25) is 0 Å². The minimum Gasteiger partial charge on any atom is -0.444 e. The molecule has 3 rings (SSSR count). The van der Waals surface area contributed by atoms with Crippen LogP contribution in [0.4, 0.5) is 4.79 Å². The molecule has 1 atom stereocenters. The van der Waals surface area contributed by atoms with Crippen molar-refractivity contribution in [1.82, 2.24) is 9.80 Å². The van der Waals surface area contributed by atoms with Crippen LogP contribution in [0.5, 0.6) is 0 Å². The molecule has 0 aromatic heterocycles. The largest absolute Gasteiger partial charge is 0.444 e. The second-order valence-corrected chi connectivity index (χ2v) is 10.5. The van der Waals surface area contributed by atoms with E-state index in [-0.39, 0.29) is 23.3 Å². The highest BCUT2D eigenvalue weighted by atomic mass is 32.1. The van der Waals surface area contributed by atoms with Crippen LogP contribution < -0.4 is 0 Å². The van der Waals surface area contributed by atoms with E-state index in [0.717, 1.165) is 31.2 Å². The van der Waals surface area contributed by atoms with E-state index >= 15 is 0 Å². The Balaban J connectivity index is 1.68. The van der Waals surface area contributed by atoms with Crippen LogP contribution in [-0.2, 0) is 16.1 Å². The van der Waals surface area contributed by atoms with Gasteiger partial charge in [-0.3, -0.25) is 4.79 Å². The van der Waals surface area contributed by atoms with E-state index in [1.165, 1.54) is 19.3 Å². The van der Waals surface area contributed by atoms with Crippen molar-refractivity contribution < 1.29 is 14.3 Å². The number of hydrogen-bond acceptors (Lipinski definition) is 4. The van der Waals surface area contributed by atoms with Crippen molar-refractivity contribution in [1.29, 1.82) is 0 Å². The fraction of sp³-hybridized carbons (Fsp3) is 0.680. The highest BCUT2D eigenvalue weighted by Gasteiger charge is 2.36. The lowest BCUT2D eigenvalue weighted by molar-refractivity contribution is -0.135. The Bertz CT molecular complexity index is 720. The molecule has 31 heavy (non-hydrogen) atoms. The van der Waals surface area contributed by atoms with Gasteiger partial charge in [0.05, 0.1) is 5.25 Å². The van der Waals surface area contributed by atoms with Crippen LogP contribution in [0.1, 0.15) is 71.3 Å². The second kappa shape index (κ2) is 10.8. The van der Waals surface area contributed by atoms with Crippen molar-refractivity contribution in [2.45, 2.75) is 89.2 Å². The van der Waals surface area contributed by atoms with Crippen LogP contribution in [0.25, 0.3) is 0 Å². The average Bonchev–Trinajstić information content (AvgIpc) is 2.77. The van der Waals surface area contributed by atoms with Gasteiger partial charge in [-0.15, -0.1) is 0 Å². The molecule has 2 aliphatic rings. The molecule has 1 aromatic rings. The van der Waals surface area contributed by atoms with E-state index < -0.39 is 5.60 Å². The maximum Gasteiger partial charge on any atom is 0.410 e. The summed E-state index contributed by atoms with van der Waals surface area (Å²) in [5, 5.41) is -0.243. The third-order valence-corrected chi connectivity index (χ3v) is 7.03. The van der Waals surface area contributed by atoms with Gasteiger partial charge in [-0.2, -0.15) is 12.6 Å². The first-order chi connectivity index (χ1) is 14.7. The van der Waals surface area contributed by atoms with Gasteiger partial charge < -0.3 is 14.5 Å². The lowest BCUT2D eigenvalue weighted by atomic mass is 9.86. The lowest BCUT2D eigenvalue weighted by Crippen LogP contribution is -2.51. The zero-order chi connectivity index (χ0) is 22.4. The molecule has 2 amide bonds. The number of likely N-dealkylation sites (tertiary alicyclic amines) is 1. The maximum atomic E-state index is 13.6. The number of carbonyl (C=O) groups is 2. The van der Waals surface area contributed by atoms with Gasteiger partial charge in [0.1, 0.15) is 5.60 Å². The number of amides is 2. The number of benzene rings is 1. The lowest BCUT2D eigenvalue weighted by Gasteiger charge is -2.41. The predicted octanol–water partition coefficient (Wildman–Crippen LogP) is 5.29.